The van der Waals surface area contributed by atoms with Crippen molar-refractivity contribution in [1.82, 2.24) is 10.2 Å². The zero-order valence-corrected chi connectivity index (χ0v) is 15.4. The van der Waals surface area contributed by atoms with Crippen LogP contribution in [0.3, 0.4) is 0 Å². The van der Waals surface area contributed by atoms with E-state index in [0.717, 1.165) is 26.1 Å². The molecule has 1 heterocycles. The van der Waals surface area contributed by atoms with Gasteiger partial charge in [-0.25, -0.2) is 0 Å². The van der Waals surface area contributed by atoms with Gasteiger partial charge in [-0.2, -0.15) is 0 Å². The molecular weight excluding hydrogens is 337 g/mol. The molecule has 1 aromatic rings. The molecule has 1 aromatic carbocycles. The monoisotopic (exact) mass is 361 g/mol. The highest BCUT2D eigenvalue weighted by atomic mass is 35.5. The molecule has 1 fully saturated rings. The zero-order chi connectivity index (χ0) is 16.2. The summed E-state index contributed by atoms with van der Waals surface area (Å²) in [5, 5.41) is 6.80. The van der Waals surface area contributed by atoms with Gasteiger partial charge in [-0.05, 0) is 43.6 Å². The topological polar surface area (TPSA) is 53.6 Å². The van der Waals surface area contributed by atoms with E-state index in [2.05, 4.69) is 22.5 Å². The Balaban J connectivity index is 0.00000264. The molecule has 23 heavy (non-hydrogen) atoms. The Morgan fingerprint density at radius 2 is 2.26 bits per heavy atom. The maximum Gasteiger partial charge on any atom is 0.238 e. The van der Waals surface area contributed by atoms with Crippen LogP contribution in [-0.2, 0) is 4.79 Å². The lowest BCUT2D eigenvalue weighted by Gasteiger charge is -2.28. The zero-order valence-electron chi connectivity index (χ0n) is 13.8. The van der Waals surface area contributed by atoms with Gasteiger partial charge in [-0.3, -0.25) is 9.69 Å². The Labute approximate surface area is 149 Å². The number of carbonyl (C=O) groups is 1. The van der Waals surface area contributed by atoms with Crippen LogP contribution in [0.1, 0.15) is 13.3 Å². The number of carbonyl (C=O) groups excluding carboxylic acids is 1. The highest BCUT2D eigenvalue weighted by Crippen LogP contribution is 2.28. The second-order valence-electron chi connectivity index (χ2n) is 6.30. The lowest BCUT2D eigenvalue weighted by Crippen LogP contribution is -2.39. The molecule has 1 atom stereocenters. The van der Waals surface area contributed by atoms with E-state index in [0.29, 0.717) is 23.0 Å². The molecule has 0 radical (unpaired) electrons. The summed E-state index contributed by atoms with van der Waals surface area (Å²) in [5.41, 5.74) is 0.838. The van der Waals surface area contributed by atoms with Crippen LogP contribution in [0.15, 0.2) is 18.2 Å². The summed E-state index contributed by atoms with van der Waals surface area (Å²) in [7, 11) is 3.54. The molecule has 0 spiro atoms. The van der Waals surface area contributed by atoms with Crippen molar-refractivity contribution in [2.24, 2.45) is 5.41 Å². The minimum absolute atomic E-state index is 0. The first-order chi connectivity index (χ1) is 10.4. The summed E-state index contributed by atoms with van der Waals surface area (Å²) < 4.78 is 5.23. The van der Waals surface area contributed by atoms with Crippen LogP contribution < -0.4 is 15.4 Å². The molecule has 1 aliphatic heterocycles. The summed E-state index contributed by atoms with van der Waals surface area (Å²) in [5.74, 6) is 0.532. The second kappa shape index (κ2) is 8.73. The van der Waals surface area contributed by atoms with Crippen molar-refractivity contribution >= 4 is 35.6 Å². The first-order valence-corrected chi connectivity index (χ1v) is 7.82. The van der Waals surface area contributed by atoms with Gasteiger partial charge in [0, 0.05) is 18.1 Å². The van der Waals surface area contributed by atoms with Crippen molar-refractivity contribution in [1.29, 1.82) is 0 Å². The summed E-state index contributed by atoms with van der Waals surface area (Å²) in [4.78, 5) is 14.3. The SMILES string of the molecule is COc1ccc(Cl)cc1NC(=O)CN(C)CC1(C)CCNC1.Cl. The van der Waals surface area contributed by atoms with E-state index in [1.165, 1.54) is 0 Å². The van der Waals surface area contributed by atoms with E-state index in [9.17, 15) is 4.79 Å². The van der Waals surface area contributed by atoms with Gasteiger partial charge >= 0.3 is 0 Å². The quantitative estimate of drug-likeness (QED) is 0.817. The average Bonchev–Trinajstić information content (AvgIpc) is 2.84. The molecule has 7 heteroatoms. The molecule has 1 unspecified atom stereocenters. The number of rotatable bonds is 6. The Morgan fingerprint density at radius 3 is 2.87 bits per heavy atom. The Morgan fingerprint density at radius 1 is 1.52 bits per heavy atom. The summed E-state index contributed by atoms with van der Waals surface area (Å²) in [6.07, 6.45) is 1.14. The molecule has 1 amide bonds. The molecule has 2 rings (SSSR count). The Hall–Kier alpha value is -1.01. The number of hydrogen-bond acceptors (Lipinski definition) is 4. The van der Waals surface area contributed by atoms with Gasteiger partial charge in [0.05, 0.1) is 19.3 Å². The van der Waals surface area contributed by atoms with Crippen molar-refractivity contribution in [2.45, 2.75) is 13.3 Å². The number of methoxy groups -OCH3 is 1. The van der Waals surface area contributed by atoms with Crippen molar-refractivity contribution in [3.8, 4) is 5.75 Å². The van der Waals surface area contributed by atoms with Gasteiger partial charge in [0.1, 0.15) is 5.75 Å². The van der Waals surface area contributed by atoms with Gasteiger partial charge in [0.25, 0.3) is 0 Å². The summed E-state index contributed by atoms with van der Waals surface area (Å²) in [6, 6.07) is 5.17. The standard InChI is InChI=1S/C16H24ClN3O2.ClH/c1-16(6-7-18-10-16)11-20(2)9-15(21)19-13-8-12(17)4-5-14(13)22-3;/h4-5,8,18H,6-7,9-11H2,1-3H3,(H,19,21);1H. The molecule has 5 nitrogen and oxygen atoms in total. The van der Waals surface area contributed by atoms with E-state index < -0.39 is 0 Å². The molecule has 0 aliphatic carbocycles. The molecule has 130 valence electrons. The molecule has 0 saturated carbocycles. The number of ether oxygens (including phenoxy) is 1. The van der Waals surface area contributed by atoms with E-state index in [-0.39, 0.29) is 23.7 Å². The van der Waals surface area contributed by atoms with Crippen LogP contribution in [0.25, 0.3) is 0 Å². The van der Waals surface area contributed by atoms with Gasteiger partial charge in [-0.15, -0.1) is 12.4 Å². The normalized spacial score (nSPS) is 20.2. The third-order valence-corrected chi connectivity index (χ3v) is 4.19. The Bertz CT molecular complexity index is 534. The molecule has 1 aliphatic rings. The van der Waals surface area contributed by atoms with Crippen molar-refractivity contribution in [2.75, 3.05) is 45.7 Å². The second-order valence-corrected chi connectivity index (χ2v) is 6.74. The maximum atomic E-state index is 12.2. The molecular formula is C16H25Cl2N3O2. The predicted octanol–water partition coefficient (Wildman–Crippen LogP) is 2.64. The third kappa shape index (κ3) is 5.84. The fourth-order valence-corrected chi connectivity index (χ4v) is 3.10. The van der Waals surface area contributed by atoms with Gasteiger partial charge < -0.3 is 15.4 Å². The lowest BCUT2D eigenvalue weighted by atomic mass is 9.89. The van der Waals surface area contributed by atoms with Crippen LogP contribution >= 0.6 is 24.0 Å². The third-order valence-electron chi connectivity index (χ3n) is 3.96. The van der Waals surface area contributed by atoms with Gasteiger partial charge in [0.2, 0.25) is 5.91 Å². The van der Waals surface area contributed by atoms with E-state index in [1.54, 1.807) is 25.3 Å². The minimum Gasteiger partial charge on any atom is -0.495 e. The number of likely N-dealkylation sites (N-methyl/N-ethyl adjacent to an activating group) is 1. The average molecular weight is 362 g/mol. The van der Waals surface area contributed by atoms with Crippen LogP contribution in [0, 0.1) is 5.41 Å². The van der Waals surface area contributed by atoms with Crippen LogP contribution in [0.4, 0.5) is 5.69 Å². The first-order valence-electron chi connectivity index (χ1n) is 7.44. The van der Waals surface area contributed by atoms with E-state index in [1.807, 2.05) is 7.05 Å². The predicted molar refractivity (Wildman–Crippen MR) is 97.0 cm³/mol. The van der Waals surface area contributed by atoms with Crippen LogP contribution in [0.5, 0.6) is 5.75 Å². The molecule has 0 bridgehead atoms. The number of benzene rings is 1. The number of hydrogen-bond donors (Lipinski definition) is 2. The lowest BCUT2D eigenvalue weighted by molar-refractivity contribution is -0.117. The number of nitrogens with one attached hydrogen (secondary N) is 2. The highest BCUT2D eigenvalue weighted by Gasteiger charge is 2.30. The van der Waals surface area contributed by atoms with Crippen LogP contribution in [-0.4, -0.2) is 51.1 Å². The number of halogens is 2. The smallest absolute Gasteiger partial charge is 0.238 e. The fourth-order valence-electron chi connectivity index (χ4n) is 2.92. The van der Waals surface area contributed by atoms with E-state index in [4.69, 9.17) is 16.3 Å². The fraction of sp³-hybridized carbons (Fsp3) is 0.562. The minimum atomic E-state index is -0.0716. The number of nitrogens with zero attached hydrogens (tertiary/aromatic N) is 1. The highest BCUT2D eigenvalue weighted by molar-refractivity contribution is 6.31. The molecule has 2 N–H and O–H groups in total. The first kappa shape index (κ1) is 20.0. The van der Waals surface area contributed by atoms with Gasteiger partial charge in [-0.1, -0.05) is 18.5 Å². The van der Waals surface area contributed by atoms with E-state index >= 15 is 0 Å². The summed E-state index contributed by atoms with van der Waals surface area (Å²) >= 11 is 5.97. The Kier molecular flexibility index (Phi) is 7.61. The molecule has 1 saturated heterocycles. The maximum absolute atomic E-state index is 12.2. The van der Waals surface area contributed by atoms with Crippen molar-refractivity contribution in [3.63, 3.8) is 0 Å². The number of anilines is 1. The largest absolute Gasteiger partial charge is 0.495 e. The van der Waals surface area contributed by atoms with Crippen molar-refractivity contribution < 1.29 is 9.53 Å². The summed E-state index contributed by atoms with van der Waals surface area (Å²) in [6.45, 7) is 5.53. The number of amides is 1. The van der Waals surface area contributed by atoms with Crippen LogP contribution in [0.2, 0.25) is 5.02 Å². The van der Waals surface area contributed by atoms with Gasteiger partial charge in [0.15, 0.2) is 0 Å². The van der Waals surface area contributed by atoms with Crippen molar-refractivity contribution in [3.05, 3.63) is 23.2 Å². The molecule has 0 aromatic heterocycles.